The van der Waals surface area contributed by atoms with Crippen molar-refractivity contribution in [2.24, 2.45) is 23.2 Å². The molecule has 7 heteroatoms. The molecular formula is C22H28N4O2S. The summed E-state index contributed by atoms with van der Waals surface area (Å²) in [4.78, 5) is 29.6. The molecule has 4 bridgehead atoms. The van der Waals surface area contributed by atoms with Crippen LogP contribution in [-0.2, 0) is 15.3 Å². The molecule has 2 aromatic heterocycles. The number of nitrogens with one attached hydrogen (secondary N) is 2. The van der Waals surface area contributed by atoms with Crippen LogP contribution in [0.25, 0.3) is 5.65 Å². The maximum atomic E-state index is 12.9. The lowest BCUT2D eigenvalue weighted by Crippen LogP contribution is -2.56. The molecule has 0 atom stereocenters. The number of carbonyl (C=O) groups is 2. The fourth-order valence-corrected chi connectivity index (χ4v) is 6.93. The topological polar surface area (TPSA) is 75.5 Å². The molecule has 0 unspecified atom stereocenters. The minimum Gasteiger partial charge on any atom is -0.307 e. The van der Waals surface area contributed by atoms with E-state index in [1.54, 1.807) is 11.8 Å². The van der Waals surface area contributed by atoms with Crippen molar-refractivity contribution in [2.45, 2.75) is 50.7 Å². The number of aromatic nitrogens is 2. The Morgan fingerprint density at radius 1 is 1.10 bits per heavy atom. The highest BCUT2D eigenvalue weighted by Gasteiger charge is 2.54. The summed E-state index contributed by atoms with van der Waals surface area (Å²) >= 11 is 1.68. The number of hydrazine groups is 1. The number of thioether (sulfide) groups is 1. The molecule has 4 fully saturated rings. The summed E-state index contributed by atoms with van der Waals surface area (Å²) in [5.41, 5.74) is 7.14. The molecule has 4 aliphatic rings. The van der Waals surface area contributed by atoms with Gasteiger partial charge >= 0.3 is 0 Å². The highest BCUT2D eigenvalue weighted by molar-refractivity contribution is 7.98. The van der Waals surface area contributed by atoms with Crippen LogP contribution in [0.3, 0.4) is 0 Å². The zero-order valence-electron chi connectivity index (χ0n) is 16.6. The third-order valence-electron chi connectivity index (χ3n) is 6.97. The average molecular weight is 413 g/mol. The molecule has 6 nitrogen and oxygen atoms in total. The number of rotatable bonds is 6. The van der Waals surface area contributed by atoms with Crippen molar-refractivity contribution in [2.75, 3.05) is 5.75 Å². The minimum atomic E-state index is -0.222. The standard InChI is InChI=1S/C22H28N4O2S/c27-20(4-6-29-14-18-13-26-5-2-1-3-19(26)23-18)24-25-21(28)22-10-15-7-16(11-22)9-17(8-15)12-22/h1-3,5,13,15-17H,4,6-12,14H2,(H,24,27)(H,25,28). The van der Waals surface area contributed by atoms with Gasteiger partial charge in [0.2, 0.25) is 11.8 Å². The normalized spacial score (nSPS) is 29.9. The van der Waals surface area contributed by atoms with Crippen molar-refractivity contribution in [1.29, 1.82) is 0 Å². The summed E-state index contributed by atoms with van der Waals surface area (Å²) < 4.78 is 2.00. The molecule has 29 heavy (non-hydrogen) atoms. The van der Waals surface area contributed by atoms with E-state index in [0.717, 1.165) is 54.1 Å². The minimum absolute atomic E-state index is 0.0438. The third-order valence-corrected chi connectivity index (χ3v) is 7.97. The van der Waals surface area contributed by atoms with Crippen LogP contribution in [0.15, 0.2) is 30.6 Å². The Morgan fingerprint density at radius 2 is 1.83 bits per heavy atom. The van der Waals surface area contributed by atoms with Crippen LogP contribution in [0.1, 0.15) is 50.6 Å². The van der Waals surface area contributed by atoms with Gasteiger partial charge in [-0.15, -0.1) is 0 Å². The van der Waals surface area contributed by atoms with Crippen molar-refractivity contribution >= 4 is 29.2 Å². The van der Waals surface area contributed by atoms with Gasteiger partial charge in [0.15, 0.2) is 0 Å². The lowest BCUT2D eigenvalue weighted by Gasteiger charge is -2.55. The Hall–Kier alpha value is -2.02. The first-order valence-corrected chi connectivity index (χ1v) is 11.8. The first-order chi connectivity index (χ1) is 14.1. The van der Waals surface area contributed by atoms with Crippen LogP contribution >= 0.6 is 11.8 Å². The van der Waals surface area contributed by atoms with Crippen LogP contribution in [-0.4, -0.2) is 27.0 Å². The molecule has 2 N–H and O–H groups in total. The lowest BCUT2D eigenvalue weighted by atomic mass is 9.49. The molecular weight excluding hydrogens is 384 g/mol. The number of amides is 2. The summed E-state index contributed by atoms with van der Waals surface area (Å²) in [5.74, 6) is 3.56. The van der Waals surface area contributed by atoms with Crippen molar-refractivity contribution < 1.29 is 9.59 Å². The predicted octanol–water partition coefficient (Wildman–Crippen LogP) is 3.32. The van der Waals surface area contributed by atoms with Crippen LogP contribution in [0.4, 0.5) is 0 Å². The average Bonchev–Trinajstić information content (AvgIpc) is 3.11. The van der Waals surface area contributed by atoms with Gasteiger partial charge in [0.1, 0.15) is 5.65 Å². The largest absolute Gasteiger partial charge is 0.307 e. The van der Waals surface area contributed by atoms with Crippen LogP contribution < -0.4 is 10.9 Å². The van der Waals surface area contributed by atoms with E-state index in [1.165, 1.54) is 19.3 Å². The van der Waals surface area contributed by atoms with E-state index in [9.17, 15) is 9.59 Å². The fraction of sp³-hybridized carbons (Fsp3) is 0.591. The van der Waals surface area contributed by atoms with Gasteiger partial charge < -0.3 is 4.40 Å². The van der Waals surface area contributed by atoms with Gasteiger partial charge in [-0.25, -0.2) is 4.98 Å². The lowest BCUT2D eigenvalue weighted by molar-refractivity contribution is -0.148. The van der Waals surface area contributed by atoms with Crippen molar-refractivity contribution in [3.05, 3.63) is 36.3 Å². The van der Waals surface area contributed by atoms with Crippen LogP contribution in [0, 0.1) is 23.2 Å². The van der Waals surface area contributed by atoms with Crippen LogP contribution in [0.5, 0.6) is 0 Å². The second kappa shape index (κ2) is 7.67. The highest BCUT2D eigenvalue weighted by Crippen LogP contribution is 2.60. The molecule has 2 heterocycles. The van der Waals surface area contributed by atoms with Gasteiger partial charge in [0, 0.05) is 30.3 Å². The Bertz CT molecular complexity index is 856. The molecule has 0 aliphatic heterocycles. The van der Waals surface area contributed by atoms with E-state index < -0.39 is 0 Å². The molecule has 6 rings (SSSR count). The molecule has 0 spiro atoms. The summed E-state index contributed by atoms with van der Waals surface area (Å²) in [6, 6.07) is 5.93. The zero-order chi connectivity index (χ0) is 19.8. The summed E-state index contributed by atoms with van der Waals surface area (Å²) in [7, 11) is 0. The van der Waals surface area contributed by atoms with Crippen molar-refractivity contribution in [3.8, 4) is 0 Å². The maximum absolute atomic E-state index is 12.9. The second-order valence-electron chi connectivity index (χ2n) is 9.20. The SMILES string of the molecule is O=C(CCSCc1cn2ccccc2n1)NNC(=O)C12CC3CC(CC(C3)C1)C2. The van der Waals surface area contributed by atoms with E-state index in [1.807, 2.05) is 35.0 Å². The van der Waals surface area contributed by atoms with Crippen molar-refractivity contribution in [1.82, 2.24) is 20.2 Å². The van der Waals surface area contributed by atoms with E-state index in [0.29, 0.717) is 12.2 Å². The number of fused-ring (bicyclic) bond motifs is 1. The van der Waals surface area contributed by atoms with E-state index in [4.69, 9.17) is 0 Å². The van der Waals surface area contributed by atoms with Gasteiger partial charge in [0.05, 0.1) is 11.1 Å². The molecule has 0 radical (unpaired) electrons. The highest BCUT2D eigenvalue weighted by atomic mass is 32.2. The molecule has 4 aliphatic carbocycles. The number of carbonyl (C=O) groups excluding carboxylic acids is 2. The zero-order valence-corrected chi connectivity index (χ0v) is 17.4. The van der Waals surface area contributed by atoms with E-state index in [-0.39, 0.29) is 17.2 Å². The molecule has 2 amide bonds. The smallest absolute Gasteiger partial charge is 0.244 e. The quantitative estimate of drug-likeness (QED) is 0.564. The summed E-state index contributed by atoms with van der Waals surface area (Å²) in [6.45, 7) is 0. The Balaban J connectivity index is 1.05. The molecule has 0 saturated heterocycles. The van der Waals surface area contributed by atoms with Gasteiger partial charge in [-0.3, -0.25) is 20.4 Å². The third kappa shape index (κ3) is 3.89. The van der Waals surface area contributed by atoms with E-state index >= 15 is 0 Å². The Labute approximate surface area is 175 Å². The van der Waals surface area contributed by atoms with Gasteiger partial charge in [0.25, 0.3) is 0 Å². The number of hydrogen-bond donors (Lipinski definition) is 2. The number of nitrogens with zero attached hydrogens (tertiary/aromatic N) is 2. The molecule has 0 aromatic carbocycles. The Kier molecular flexibility index (Phi) is 5.02. The van der Waals surface area contributed by atoms with E-state index in [2.05, 4.69) is 15.8 Å². The fourth-order valence-electron chi connectivity index (χ4n) is 6.11. The summed E-state index contributed by atoms with van der Waals surface area (Å²) in [5, 5.41) is 0. The van der Waals surface area contributed by atoms with Crippen molar-refractivity contribution in [3.63, 3.8) is 0 Å². The first kappa shape index (κ1) is 19.0. The monoisotopic (exact) mass is 412 g/mol. The molecule has 2 aromatic rings. The Morgan fingerprint density at radius 3 is 2.52 bits per heavy atom. The summed E-state index contributed by atoms with van der Waals surface area (Å²) in [6.07, 6.45) is 11.3. The first-order valence-electron chi connectivity index (χ1n) is 10.7. The van der Waals surface area contributed by atoms with Gasteiger partial charge in [-0.1, -0.05) is 6.07 Å². The molecule has 4 saturated carbocycles. The number of hydrogen-bond acceptors (Lipinski definition) is 4. The van der Waals surface area contributed by atoms with Gasteiger partial charge in [-0.2, -0.15) is 11.8 Å². The molecule has 154 valence electrons. The van der Waals surface area contributed by atoms with Crippen LogP contribution in [0.2, 0.25) is 0 Å². The predicted molar refractivity (Wildman–Crippen MR) is 113 cm³/mol. The maximum Gasteiger partial charge on any atom is 0.244 e. The second-order valence-corrected chi connectivity index (χ2v) is 10.3. The number of imidazole rings is 1. The van der Waals surface area contributed by atoms with Gasteiger partial charge in [-0.05, 0) is 68.4 Å². The number of pyridine rings is 1.